The Bertz CT molecular complexity index is 387. The summed E-state index contributed by atoms with van der Waals surface area (Å²) in [6.07, 6.45) is 6.39. The van der Waals surface area contributed by atoms with E-state index in [-0.39, 0.29) is 5.91 Å². The van der Waals surface area contributed by atoms with Crippen LogP contribution in [0.5, 0.6) is 0 Å². The molecule has 0 bridgehead atoms. The summed E-state index contributed by atoms with van der Waals surface area (Å²) in [4.78, 5) is 16.0. The second-order valence-corrected chi connectivity index (χ2v) is 5.54. The van der Waals surface area contributed by atoms with Crippen LogP contribution in [-0.4, -0.2) is 16.9 Å². The fourth-order valence-corrected chi connectivity index (χ4v) is 2.09. The predicted octanol–water partition coefficient (Wildman–Crippen LogP) is 3.15. The highest BCUT2D eigenvalue weighted by Gasteiger charge is 2.25. The van der Waals surface area contributed by atoms with Gasteiger partial charge in [0.05, 0.1) is 0 Å². The van der Waals surface area contributed by atoms with Crippen LogP contribution >= 0.6 is 15.9 Å². The summed E-state index contributed by atoms with van der Waals surface area (Å²) in [6.45, 7) is 2.11. The van der Waals surface area contributed by atoms with Crippen molar-refractivity contribution in [3.63, 3.8) is 0 Å². The first-order valence-electron chi connectivity index (χ1n) is 6.11. The van der Waals surface area contributed by atoms with E-state index in [1.165, 1.54) is 12.8 Å². The molecule has 1 unspecified atom stereocenters. The normalized spacial score (nSPS) is 16.6. The number of halogens is 1. The van der Waals surface area contributed by atoms with Crippen molar-refractivity contribution in [1.29, 1.82) is 0 Å². The van der Waals surface area contributed by atoms with Crippen LogP contribution in [0.25, 0.3) is 0 Å². The van der Waals surface area contributed by atoms with Gasteiger partial charge in [-0.05, 0) is 46.8 Å². The summed E-state index contributed by atoms with van der Waals surface area (Å²) in [6, 6.07) is 3.87. The Hall–Kier alpha value is -0.900. The summed E-state index contributed by atoms with van der Waals surface area (Å²) in [5.41, 5.74) is 0.488. The maximum Gasteiger partial charge on any atom is 0.270 e. The van der Waals surface area contributed by atoms with Crippen molar-refractivity contribution in [2.45, 2.75) is 38.6 Å². The van der Waals surface area contributed by atoms with Crippen LogP contribution in [0, 0.1) is 5.92 Å². The van der Waals surface area contributed by atoms with Crippen LogP contribution in [0.4, 0.5) is 0 Å². The number of nitrogens with zero attached hydrogens (tertiary/aromatic N) is 1. The van der Waals surface area contributed by atoms with Crippen LogP contribution in [-0.2, 0) is 0 Å². The van der Waals surface area contributed by atoms with Gasteiger partial charge in [-0.1, -0.05) is 19.8 Å². The third kappa shape index (κ3) is 3.80. The Morgan fingerprint density at radius 3 is 2.88 bits per heavy atom. The van der Waals surface area contributed by atoms with E-state index in [0.717, 1.165) is 23.2 Å². The summed E-state index contributed by atoms with van der Waals surface area (Å²) in [7, 11) is 0. The van der Waals surface area contributed by atoms with E-state index >= 15 is 0 Å². The molecular formula is C13H17BrN2O. The number of hydrogen-bond acceptors (Lipinski definition) is 2. The molecule has 1 heterocycles. The largest absolute Gasteiger partial charge is 0.348 e. The number of pyridine rings is 1. The minimum Gasteiger partial charge on any atom is -0.348 e. The van der Waals surface area contributed by atoms with Crippen molar-refractivity contribution in [3.8, 4) is 0 Å². The van der Waals surface area contributed by atoms with Crippen LogP contribution in [0.15, 0.2) is 22.8 Å². The van der Waals surface area contributed by atoms with Crippen LogP contribution in [0.1, 0.15) is 43.1 Å². The van der Waals surface area contributed by atoms with Gasteiger partial charge >= 0.3 is 0 Å². The van der Waals surface area contributed by atoms with Gasteiger partial charge in [0, 0.05) is 16.7 Å². The lowest BCUT2D eigenvalue weighted by Crippen LogP contribution is -2.35. The van der Waals surface area contributed by atoms with E-state index in [0.29, 0.717) is 11.7 Å². The highest BCUT2D eigenvalue weighted by molar-refractivity contribution is 9.10. The number of aromatic nitrogens is 1. The lowest BCUT2D eigenvalue weighted by molar-refractivity contribution is 0.0927. The first-order valence-corrected chi connectivity index (χ1v) is 6.90. The second-order valence-electron chi connectivity index (χ2n) is 4.62. The van der Waals surface area contributed by atoms with Gasteiger partial charge < -0.3 is 5.32 Å². The molecule has 1 saturated carbocycles. The average Bonchev–Trinajstić information content (AvgIpc) is 3.13. The van der Waals surface area contributed by atoms with Gasteiger partial charge in [0.1, 0.15) is 5.69 Å². The molecule has 1 fully saturated rings. The van der Waals surface area contributed by atoms with Gasteiger partial charge in [0.15, 0.2) is 0 Å². The number of carbonyl (C=O) groups excluding carboxylic acids is 1. The molecule has 1 aromatic rings. The number of amides is 1. The number of nitrogens with one attached hydrogen (secondary N) is 1. The number of rotatable bonds is 5. The van der Waals surface area contributed by atoms with E-state index in [2.05, 4.69) is 33.2 Å². The molecule has 1 aliphatic rings. The van der Waals surface area contributed by atoms with Gasteiger partial charge in [-0.15, -0.1) is 0 Å². The van der Waals surface area contributed by atoms with Crippen molar-refractivity contribution in [2.24, 2.45) is 5.92 Å². The van der Waals surface area contributed by atoms with Crippen molar-refractivity contribution in [2.75, 3.05) is 0 Å². The molecule has 17 heavy (non-hydrogen) atoms. The fourth-order valence-electron chi connectivity index (χ4n) is 1.85. The standard InChI is InChI=1S/C13H17BrN2O/c1-2-11(7-9-3-4-9)16-13(17)12-6-5-10(14)8-15-12/h5-6,8-9,11H,2-4,7H2,1H3,(H,16,17). The highest BCUT2D eigenvalue weighted by atomic mass is 79.9. The van der Waals surface area contributed by atoms with Gasteiger partial charge in [-0.2, -0.15) is 0 Å². The molecule has 0 aromatic carbocycles. The first-order chi connectivity index (χ1) is 8.19. The minimum atomic E-state index is -0.0648. The Morgan fingerprint density at radius 2 is 2.35 bits per heavy atom. The Labute approximate surface area is 110 Å². The Balaban J connectivity index is 1.92. The summed E-state index contributed by atoms with van der Waals surface area (Å²) < 4.78 is 0.888. The van der Waals surface area contributed by atoms with E-state index in [1.54, 1.807) is 12.3 Å². The van der Waals surface area contributed by atoms with Gasteiger partial charge in [-0.25, -0.2) is 4.98 Å². The summed E-state index contributed by atoms with van der Waals surface area (Å²) in [5.74, 6) is 0.767. The Kier molecular flexibility index (Phi) is 4.15. The molecule has 92 valence electrons. The molecule has 0 saturated heterocycles. The van der Waals surface area contributed by atoms with E-state index < -0.39 is 0 Å². The van der Waals surface area contributed by atoms with Crippen LogP contribution < -0.4 is 5.32 Å². The SMILES string of the molecule is CCC(CC1CC1)NC(=O)c1ccc(Br)cn1. The lowest BCUT2D eigenvalue weighted by Gasteiger charge is -2.16. The molecule has 2 rings (SSSR count). The molecular weight excluding hydrogens is 280 g/mol. The number of carbonyl (C=O) groups is 1. The molecule has 1 N–H and O–H groups in total. The zero-order valence-corrected chi connectivity index (χ0v) is 11.5. The monoisotopic (exact) mass is 296 g/mol. The maximum atomic E-state index is 11.9. The minimum absolute atomic E-state index is 0.0648. The van der Waals surface area contributed by atoms with Gasteiger partial charge in [-0.3, -0.25) is 4.79 Å². The quantitative estimate of drug-likeness (QED) is 0.907. The number of hydrogen-bond donors (Lipinski definition) is 1. The van der Waals surface area contributed by atoms with Crippen LogP contribution in [0.2, 0.25) is 0 Å². The average molecular weight is 297 g/mol. The van der Waals surface area contributed by atoms with Crippen LogP contribution in [0.3, 0.4) is 0 Å². The topological polar surface area (TPSA) is 42.0 Å². The van der Waals surface area contributed by atoms with Crippen molar-refractivity contribution in [3.05, 3.63) is 28.5 Å². The third-order valence-corrected chi connectivity index (χ3v) is 3.57. The molecule has 1 atom stereocenters. The zero-order chi connectivity index (χ0) is 12.3. The zero-order valence-electron chi connectivity index (χ0n) is 9.95. The third-order valence-electron chi connectivity index (χ3n) is 3.10. The molecule has 1 amide bonds. The van der Waals surface area contributed by atoms with Crippen molar-refractivity contribution < 1.29 is 4.79 Å². The maximum absolute atomic E-state index is 11.9. The molecule has 0 radical (unpaired) electrons. The second kappa shape index (κ2) is 5.63. The Morgan fingerprint density at radius 1 is 1.59 bits per heavy atom. The molecule has 0 aliphatic heterocycles. The predicted molar refractivity (Wildman–Crippen MR) is 70.8 cm³/mol. The van der Waals surface area contributed by atoms with Gasteiger partial charge in [0.2, 0.25) is 0 Å². The fraction of sp³-hybridized carbons (Fsp3) is 0.538. The van der Waals surface area contributed by atoms with Gasteiger partial charge in [0.25, 0.3) is 5.91 Å². The molecule has 1 aliphatic carbocycles. The molecule has 1 aromatic heterocycles. The van der Waals surface area contributed by atoms with E-state index in [1.807, 2.05) is 6.07 Å². The summed E-state index contributed by atoms with van der Waals surface area (Å²) >= 11 is 3.31. The summed E-state index contributed by atoms with van der Waals surface area (Å²) in [5, 5.41) is 3.06. The smallest absolute Gasteiger partial charge is 0.270 e. The van der Waals surface area contributed by atoms with Crippen molar-refractivity contribution in [1.82, 2.24) is 10.3 Å². The van der Waals surface area contributed by atoms with Crippen molar-refractivity contribution >= 4 is 21.8 Å². The highest BCUT2D eigenvalue weighted by Crippen LogP contribution is 2.34. The van der Waals surface area contributed by atoms with E-state index in [4.69, 9.17) is 0 Å². The van der Waals surface area contributed by atoms with E-state index in [9.17, 15) is 4.79 Å². The lowest BCUT2D eigenvalue weighted by atomic mass is 10.1. The molecule has 0 spiro atoms. The molecule has 3 nitrogen and oxygen atoms in total. The first kappa shape index (κ1) is 12.6. The molecule has 4 heteroatoms.